The van der Waals surface area contributed by atoms with Crippen molar-refractivity contribution in [3.63, 3.8) is 0 Å². The lowest BCUT2D eigenvalue weighted by Crippen LogP contribution is -2.30. The maximum Gasteiger partial charge on any atom is 0.269 e. The van der Waals surface area contributed by atoms with Crippen LogP contribution < -0.4 is 21.9 Å². The molecule has 0 atom stereocenters. The summed E-state index contributed by atoms with van der Waals surface area (Å²) in [4.78, 5) is 19.9. The van der Waals surface area contributed by atoms with Gasteiger partial charge >= 0.3 is 0 Å². The second-order valence-corrected chi connectivity index (χ2v) is 4.54. The summed E-state index contributed by atoms with van der Waals surface area (Å²) in [6.45, 7) is 2.61. The fraction of sp³-hybridized carbons (Fsp3) is 0.154. The predicted molar refractivity (Wildman–Crippen MR) is 83.1 cm³/mol. The van der Waals surface area contributed by atoms with E-state index >= 15 is 0 Å². The number of benzene rings is 1. The number of hydrogen-bond acceptors (Lipinski definition) is 6. The average Bonchev–Trinajstić information content (AvgIpc) is 2.49. The smallest absolute Gasteiger partial charge is 0.269 e. The molecule has 0 bridgehead atoms. The van der Waals surface area contributed by atoms with Gasteiger partial charge in [-0.25, -0.2) is 9.97 Å². The van der Waals surface area contributed by atoms with Gasteiger partial charge in [-0.05, 0) is 31.2 Å². The topological polar surface area (TPSA) is 105 Å². The molecule has 0 spiro atoms. The highest BCUT2D eigenvalue weighted by molar-refractivity contribution is 6.30. The van der Waals surface area contributed by atoms with Crippen LogP contribution in [0.25, 0.3) is 0 Å². The first-order chi connectivity index (χ1) is 10.1. The molecule has 21 heavy (non-hydrogen) atoms. The van der Waals surface area contributed by atoms with E-state index in [9.17, 15) is 4.79 Å². The zero-order valence-electron chi connectivity index (χ0n) is 11.4. The Morgan fingerprint density at radius 1 is 1.24 bits per heavy atom. The van der Waals surface area contributed by atoms with Gasteiger partial charge in [-0.3, -0.25) is 15.6 Å². The number of carbonyl (C=O) groups excluding carboxylic acids is 1. The maximum atomic E-state index is 11.9. The molecule has 0 unspecified atom stereocenters. The molecule has 1 aromatic heterocycles. The van der Waals surface area contributed by atoms with Crippen LogP contribution in [0.3, 0.4) is 0 Å². The van der Waals surface area contributed by atoms with Crippen molar-refractivity contribution in [2.75, 3.05) is 23.0 Å². The van der Waals surface area contributed by atoms with Gasteiger partial charge in [-0.2, -0.15) is 0 Å². The number of carbonyl (C=O) groups is 1. The Morgan fingerprint density at radius 3 is 2.57 bits per heavy atom. The average molecular weight is 307 g/mol. The molecule has 5 N–H and O–H groups in total. The van der Waals surface area contributed by atoms with Gasteiger partial charge in [0.2, 0.25) is 0 Å². The van der Waals surface area contributed by atoms with E-state index in [4.69, 9.17) is 17.3 Å². The van der Waals surface area contributed by atoms with E-state index in [1.807, 2.05) is 6.92 Å². The van der Waals surface area contributed by atoms with Gasteiger partial charge in [0.05, 0.1) is 0 Å². The number of amides is 1. The number of hydrogen-bond donors (Lipinski definition) is 4. The molecule has 8 heteroatoms. The largest absolute Gasteiger partial charge is 0.393 e. The van der Waals surface area contributed by atoms with E-state index in [-0.39, 0.29) is 5.91 Å². The van der Waals surface area contributed by atoms with Crippen LogP contribution >= 0.6 is 11.6 Å². The molecule has 0 saturated heterocycles. The Bertz CT molecular complexity index is 631. The summed E-state index contributed by atoms with van der Waals surface area (Å²) >= 11 is 5.77. The van der Waals surface area contributed by atoms with Gasteiger partial charge < -0.3 is 11.1 Å². The second-order valence-electron chi connectivity index (χ2n) is 4.10. The first-order valence-electron chi connectivity index (χ1n) is 6.28. The van der Waals surface area contributed by atoms with Crippen LogP contribution in [0.15, 0.2) is 30.6 Å². The van der Waals surface area contributed by atoms with Crippen molar-refractivity contribution in [3.05, 3.63) is 41.2 Å². The minimum absolute atomic E-state index is 0.322. The summed E-state index contributed by atoms with van der Waals surface area (Å²) < 4.78 is 0. The molecule has 0 aliphatic carbocycles. The standard InChI is InChI=1S/C13H15ClN6O/c1-2-16-11-10(15)12(18-7-17-11)19-20-13(21)8-3-5-9(14)6-4-8/h3-7H,2,15H2,1H3,(H,20,21)(H2,16,17,18,19). The van der Waals surface area contributed by atoms with Gasteiger partial charge in [0, 0.05) is 17.1 Å². The second kappa shape index (κ2) is 6.76. The summed E-state index contributed by atoms with van der Waals surface area (Å²) in [6.07, 6.45) is 1.35. The first kappa shape index (κ1) is 14.9. The van der Waals surface area contributed by atoms with E-state index < -0.39 is 0 Å². The van der Waals surface area contributed by atoms with E-state index in [0.717, 1.165) is 0 Å². The van der Waals surface area contributed by atoms with Crippen LogP contribution in [-0.4, -0.2) is 22.4 Å². The third kappa shape index (κ3) is 3.73. The van der Waals surface area contributed by atoms with Crippen LogP contribution in [0, 0.1) is 0 Å². The van der Waals surface area contributed by atoms with Crippen molar-refractivity contribution < 1.29 is 4.79 Å². The SMILES string of the molecule is CCNc1ncnc(NNC(=O)c2ccc(Cl)cc2)c1N. The van der Waals surface area contributed by atoms with Crippen molar-refractivity contribution in [1.82, 2.24) is 15.4 Å². The number of nitrogens with zero attached hydrogens (tertiary/aromatic N) is 2. The van der Waals surface area contributed by atoms with Crippen LogP contribution in [0.1, 0.15) is 17.3 Å². The molecule has 0 saturated carbocycles. The van der Waals surface area contributed by atoms with E-state index in [1.54, 1.807) is 24.3 Å². The van der Waals surface area contributed by atoms with Crippen LogP contribution in [0.2, 0.25) is 5.02 Å². The van der Waals surface area contributed by atoms with Gasteiger partial charge in [-0.15, -0.1) is 0 Å². The summed E-state index contributed by atoms with van der Waals surface area (Å²) in [5.41, 5.74) is 11.9. The lowest BCUT2D eigenvalue weighted by atomic mass is 10.2. The monoisotopic (exact) mass is 306 g/mol. The van der Waals surface area contributed by atoms with Crippen LogP contribution in [0.5, 0.6) is 0 Å². The highest BCUT2D eigenvalue weighted by atomic mass is 35.5. The lowest BCUT2D eigenvalue weighted by molar-refractivity contribution is 0.0962. The normalized spacial score (nSPS) is 10.0. The zero-order chi connectivity index (χ0) is 15.2. The number of anilines is 3. The molecule has 1 aromatic carbocycles. The molecule has 1 heterocycles. The third-order valence-electron chi connectivity index (χ3n) is 2.63. The van der Waals surface area contributed by atoms with Gasteiger partial charge in [0.25, 0.3) is 5.91 Å². The molecule has 110 valence electrons. The number of rotatable bonds is 5. The molecule has 2 aromatic rings. The number of nitrogens with one attached hydrogen (secondary N) is 3. The highest BCUT2D eigenvalue weighted by Gasteiger charge is 2.09. The van der Waals surface area contributed by atoms with Crippen molar-refractivity contribution in [2.45, 2.75) is 6.92 Å². The fourth-order valence-corrected chi connectivity index (χ4v) is 1.72. The van der Waals surface area contributed by atoms with E-state index in [0.29, 0.717) is 34.5 Å². The highest BCUT2D eigenvalue weighted by Crippen LogP contribution is 2.21. The fourth-order valence-electron chi connectivity index (χ4n) is 1.59. The minimum atomic E-state index is -0.324. The summed E-state index contributed by atoms with van der Waals surface area (Å²) in [7, 11) is 0. The van der Waals surface area contributed by atoms with Gasteiger partial charge in [-0.1, -0.05) is 11.6 Å². The summed E-state index contributed by atoms with van der Waals surface area (Å²) in [5.74, 6) is 0.508. The Hall–Kier alpha value is -2.54. The number of nitrogens with two attached hydrogens (primary N) is 1. The Morgan fingerprint density at radius 2 is 1.90 bits per heavy atom. The molecule has 0 fully saturated rings. The number of nitrogen functional groups attached to an aromatic ring is 1. The molecule has 0 radical (unpaired) electrons. The third-order valence-corrected chi connectivity index (χ3v) is 2.88. The number of hydrazine groups is 1. The molecule has 2 rings (SSSR count). The van der Waals surface area contributed by atoms with Crippen molar-refractivity contribution in [1.29, 1.82) is 0 Å². The molecule has 0 aliphatic rings. The summed E-state index contributed by atoms with van der Waals surface area (Å²) in [5, 5.41) is 3.56. The van der Waals surface area contributed by atoms with Gasteiger partial charge in [0.15, 0.2) is 11.6 Å². The van der Waals surface area contributed by atoms with Crippen molar-refractivity contribution in [2.24, 2.45) is 0 Å². The van der Waals surface area contributed by atoms with Crippen molar-refractivity contribution >= 4 is 34.8 Å². The van der Waals surface area contributed by atoms with Crippen LogP contribution in [-0.2, 0) is 0 Å². The lowest BCUT2D eigenvalue weighted by Gasteiger charge is -2.12. The summed E-state index contributed by atoms with van der Waals surface area (Å²) in [6, 6.07) is 6.51. The Balaban J connectivity index is 2.04. The van der Waals surface area contributed by atoms with Crippen molar-refractivity contribution in [3.8, 4) is 0 Å². The minimum Gasteiger partial charge on any atom is -0.393 e. The quantitative estimate of drug-likeness (QED) is 0.629. The van der Waals surface area contributed by atoms with Crippen LogP contribution in [0.4, 0.5) is 17.3 Å². The number of halogens is 1. The number of aromatic nitrogens is 2. The molecule has 1 amide bonds. The molecule has 0 aliphatic heterocycles. The zero-order valence-corrected chi connectivity index (χ0v) is 12.1. The maximum absolute atomic E-state index is 11.9. The predicted octanol–water partition coefficient (Wildman–Crippen LogP) is 1.90. The van der Waals surface area contributed by atoms with E-state index in [2.05, 4.69) is 26.1 Å². The molecule has 7 nitrogen and oxygen atoms in total. The molecular weight excluding hydrogens is 292 g/mol. The Labute approximate surface area is 126 Å². The van der Waals surface area contributed by atoms with E-state index in [1.165, 1.54) is 6.33 Å². The van der Waals surface area contributed by atoms with Gasteiger partial charge in [0.1, 0.15) is 12.0 Å². The molecular formula is C13H15ClN6O. The first-order valence-corrected chi connectivity index (χ1v) is 6.66. The Kier molecular flexibility index (Phi) is 4.78.